The maximum absolute atomic E-state index is 12.4. The normalized spacial score (nSPS) is 17.6. The van der Waals surface area contributed by atoms with Gasteiger partial charge in [-0.25, -0.2) is 0 Å². The van der Waals surface area contributed by atoms with Gasteiger partial charge in [0.1, 0.15) is 0 Å². The highest BCUT2D eigenvalue weighted by molar-refractivity contribution is 7.03. The number of nitrogens with zero attached hydrogens (tertiary/aromatic N) is 3. The molecule has 0 spiro atoms. The van der Waals surface area contributed by atoms with Gasteiger partial charge < -0.3 is 10.0 Å². The highest BCUT2D eigenvalue weighted by Crippen LogP contribution is 2.30. The van der Waals surface area contributed by atoms with Gasteiger partial charge in [0.25, 0.3) is 5.91 Å². The van der Waals surface area contributed by atoms with Crippen LogP contribution in [-0.2, 0) is 11.2 Å². The number of carbonyl (C=O) groups is 2. The Morgan fingerprint density at radius 2 is 2.15 bits per heavy atom. The summed E-state index contributed by atoms with van der Waals surface area (Å²) in [5.41, 5.74) is 1.86. The van der Waals surface area contributed by atoms with Crippen LogP contribution in [0.4, 0.5) is 5.69 Å². The van der Waals surface area contributed by atoms with Gasteiger partial charge in [-0.3, -0.25) is 9.59 Å². The molecule has 1 aromatic carbocycles. The predicted octanol–water partition coefficient (Wildman–Crippen LogP) is 1.44. The van der Waals surface area contributed by atoms with Gasteiger partial charge >= 0.3 is 5.97 Å². The molecular formula is C13H11N3O3S. The summed E-state index contributed by atoms with van der Waals surface area (Å²) in [7, 11) is 0. The van der Waals surface area contributed by atoms with Crippen molar-refractivity contribution in [2.45, 2.75) is 6.42 Å². The van der Waals surface area contributed by atoms with Crippen molar-refractivity contribution in [3.63, 3.8) is 0 Å². The zero-order chi connectivity index (χ0) is 14.1. The van der Waals surface area contributed by atoms with Gasteiger partial charge in [-0.2, -0.15) is 0 Å². The van der Waals surface area contributed by atoms with Gasteiger partial charge in [0.2, 0.25) is 0 Å². The van der Waals surface area contributed by atoms with E-state index in [-0.39, 0.29) is 18.1 Å². The summed E-state index contributed by atoms with van der Waals surface area (Å²) in [6.45, 7) is 0.155. The molecule has 0 fully saturated rings. The molecule has 1 amide bonds. The Bertz CT molecular complexity index is 657. The monoisotopic (exact) mass is 289 g/mol. The van der Waals surface area contributed by atoms with Crippen LogP contribution in [0.1, 0.15) is 16.1 Å². The molecule has 1 N–H and O–H groups in total. The lowest BCUT2D eigenvalue weighted by Gasteiger charge is -2.32. The van der Waals surface area contributed by atoms with Crippen LogP contribution in [0, 0.1) is 5.92 Å². The maximum Gasteiger partial charge on any atom is 0.308 e. The summed E-state index contributed by atoms with van der Waals surface area (Å²) >= 11 is 1.10. The topological polar surface area (TPSA) is 83.4 Å². The third kappa shape index (κ3) is 2.16. The summed E-state index contributed by atoms with van der Waals surface area (Å²) in [6.07, 6.45) is 0.435. The van der Waals surface area contributed by atoms with E-state index in [4.69, 9.17) is 0 Å². The fourth-order valence-electron chi connectivity index (χ4n) is 2.35. The number of carbonyl (C=O) groups excluding carboxylic acids is 1. The molecule has 1 aliphatic rings. The van der Waals surface area contributed by atoms with Gasteiger partial charge in [0.05, 0.1) is 5.92 Å². The SMILES string of the molecule is O=C(O)C1Cc2ccccc2N(C(=O)c2csnn2)C1. The van der Waals surface area contributed by atoms with Crippen molar-refractivity contribution in [3.8, 4) is 0 Å². The number of aliphatic carboxylic acids is 1. The first-order valence-corrected chi connectivity index (χ1v) is 6.90. The molecule has 2 aromatic rings. The van der Waals surface area contributed by atoms with E-state index in [0.717, 1.165) is 22.8 Å². The molecule has 3 rings (SSSR count). The Labute approximate surface area is 118 Å². The minimum atomic E-state index is -0.895. The molecule has 0 aliphatic carbocycles. The van der Waals surface area contributed by atoms with Crippen LogP contribution in [-0.4, -0.2) is 33.1 Å². The van der Waals surface area contributed by atoms with E-state index in [1.165, 1.54) is 4.90 Å². The van der Waals surface area contributed by atoms with Crippen molar-refractivity contribution in [2.24, 2.45) is 5.92 Å². The van der Waals surface area contributed by atoms with Crippen molar-refractivity contribution in [3.05, 3.63) is 40.9 Å². The number of anilines is 1. The fourth-order valence-corrected chi connectivity index (χ4v) is 2.78. The van der Waals surface area contributed by atoms with Crippen LogP contribution in [0.25, 0.3) is 0 Å². The Morgan fingerprint density at radius 1 is 1.35 bits per heavy atom. The summed E-state index contributed by atoms with van der Waals surface area (Å²) in [4.78, 5) is 25.2. The van der Waals surface area contributed by atoms with Crippen LogP contribution in [0.15, 0.2) is 29.6 Å². The first-order valence-electron chi connectivity index (χ1n) is 6.06. The summed E-state index contributed by atoms with van der Waals surface area (Å²) < 4.78 is 3.68. The number of amides is 1. The fraction of sp³-hybridized carbons (Fsp3) is 0.231. The van der Waals surface area contributed by atoms with Gasteiger partial charge in [-0.05, 0) is 29.6 Å². The number of hydrogen-bond donors (Lipinski definition) is 1. The highest BCUT2D eigenvalue weighted by Gasteiger charge is 2.33. The van der Waals surface area contributed by atoms with Crippen molar-refractivity contribution >= 4 is 29.1 Å². The first-order chi connectivity index (χ1) is 9.66. The molecule has 7 heteroatoms. The molecule has 0 saturated carbocycles. The molecule has 1 aliphatic heterocycles. The predicted molar refractivity (Wildman–Crippen MR) is 72.9 cm³/mol. The standard InChI is InChI=1S/C13H11N3O3S/c17-12(10-7-20-15-14-10)16-6-9(13(18)19)5-8-3-1-2-4-11(8)16/h1-4,7,9H,5-6H2,(H,18,19). The van der Waals surface area contributed by atoms with E-state index >= 15 is 0 Å². The lowest BCUT2D eigenvalue weighted by molar-refractivity contribution is -0.141. The van der Waals surface area contributed by atoms with E-state index in [1.807, 2.05) is 24.3 Å². The number of para-hydroxylation sites is 1. The van der Waals surface area contributed by atoms with Crippen molar-refractivity contribution in [2.75, 3.05) is 11.4 Å². The summed E-state index contributed by atoms with van der Waals surface area (Å²) in [5.74, 6) is -1.80. The van der Waals surface area contributed by atoms with E-state index in [2.05, 4.69) is 9.59 Å². The molecule has 20 heavy (non-hydrogen) atoms. The summed E-state index contributed by atoms with van der Waals surface area (Å²) in [5, 5.41) is 14.6. The van der Waals surface area contributed by atoms with E-state index < -0.39 is 11.9 Å². The Balaban J connectivity index is 2.01. The molecule has 2 heterocycles. The minimum Gasteiger partial charge on any atom is -0.481 e. The Morgan fingerprint density at radius 3 is 2.85 bits per heavy atom. The second-order valence-electron chi connectivity index (χ2n) is 4.57. The largest absolute Gasteiger partial charge is 0.481 e. The zero-order valence-corrected chi connectivity index (χ0v) is 11.2. The number of hydrogen-bond acceptors (Lipinski definition) is 5. The Hall–Kier alpha value is -2.28. The average Bonchev–Trinajstić information content (AvgIpc) is 2.99. The van der Waals surface area contributed by atoms with Crippen LogP contribution in [0.3, 0.4) is 0 Å². The first kappa shape index (κ1) is 12.7. The third-order valence-electron chi connectivity index (χ3n) is 3.33. The van der Waals surface area contributed by atoms with Crippen LogP contribution >= 0.6 is 11.5 Å². The molecule has 1 atom stereocenters. The van der Waals surface area contributed by atoms with Crippen molar-refractivity contribution < 1.29 is 14.7 Å². The number of rotatable bonds is 2. The molecule has 6 nitrogen and oxygen atoms in total. The number of carboxylic acid groups (broad SMARTS) is 1. The van der Waals surface area contributed by atoms with E-state index in [0.29, 0.717) is 6.42 Å². The molecule has 1 aromatic heterocycles. The smallest absolute Gasteiger partial charge is 0.308 e. The molecule has 1 unspecified atom stereocenters. The van der Waals surface area contributed by atoms with Crippen LogP contribution < -0.4 is 4.90 Å². The highest BCUT2D eigenvalue weighted by atomic mass is 32.1. The quantitative estimate of drug-likeness (QED) is 0.904. The Kier molecular flexibility index (Phi) is 3.19. The van der Waals surface area contributed by atoms with E-state index in [1.54, 1.807) is 5.38 Å². The molecule has 0 saturated heterocycles. The second-order valence-corrected chi connectivity index (χ2v) is 5.18. The molecule has 102 valence electrons. The van der Waals surface area contributed by atoms with Gasteiger partial charge in [-0.1, -0.05) is 22.7 Å². The lowest BCUT2D eigenvalue weighted by Crippen LogP contribution is -2.42. The van der Waals surface area contributed by atoms with Crippen LogP contribution in [0.2, 0.25) is 0 Å². The third-order valence-corrected chi connectivity index (χ3v) is 3.83. The molecular weight excluding hydrogens is 278 g/mol. The average molecular weight is 289 g/mol. The molecule has 0 radical (unpaired) electrons. The van der Waals surface area contributed by atoms with Crippen molar-refractivity contribution in [1.29, 1.82) is 0 Å². The second kappa shape index (κ2) is 5.01. The van der Waals surface area contributed by atoms with Crippen LogP contribution in [0.5, 0.6) is 0 Å². The van der Waals surface area contributed by atoms with Gasteiger partial charge in [-0.15, -0.1) is 5.10 Å². The van der Waals surface area contributed by atoms with E-state index in [9.17, 15) is 14.7 Å². The number of benzene rings is 1. The zero-order valence-electron chi connectivity index (χ0n) is 10.4. The maximum atomic E-state index is 12.4. The minimum absolute atomic E-state index is 0.155. The molecule has 0 bridgehead atoms. The summed E-state index contributed by atoms with van der Waals surface area (Å²) in [6, 6.07) is 7.35. The van der Waals surface area contributed by atoms with Gasteiger partial charge in [0, 0.05) is 17.6 Å². The number of carboxylic acids is 1. The van der Waals surface area contributed by atoms with Gasteiger partial charge in [0.15, 0.2) is 5.69 Å². The van der Waals surface area contributed by atoms with Crippen molar-refractivity contribution in [1.82, 2.24) is 9.59 Å². The number of aromatic nitrogens is 2. The number of fused-ring (bicyclic) bond motifs is 1. The lowest BCUT2D eigenvalue weighted by atomic mass is 9.92.